The molecule has 1 N–H and O–H groups in total. The largest absolute Gasteiger partial charge is 0.497 e. The number of thioether (sulfide) groups is 1. The number of methoxy groups -OCH3 is 1. The predicted octanol–water partition coefficient (Wildman–Crippen LogP) is 3.36. The molecule has 28 heavy (non-hydrogen) atoms. The van der Waals surface area contributed by atoms with Gasteiger partial charge in [0.1, 0.15) is 17.7 Å². The topological polar surface area (TPSA) is 53.0 Å². The molecule has 152 valence electrons. The molecule has 5 nitrogen and oxygen atoms in total. The molecule has 1 aliphatic rings. The maximum absolute atomic E-state index is 14.6. The second-order valence-electron chi connectivity index (χ2n) is 6.64. The van der Waals surface area contributed by atoms with Gasteiger partial charge in [0.2, 0.25) is 0 Å². The Labute approximate surface area is 174 Å². The number of aliphatic hydroxyl groups excluding tert-OH is 1. The molecule has 0 saturated heterocycles. The number of benzene rings is 2. The summed E-state index contributed by atoms with van der Waals surface area (Å²) in [5, 5.41) is 10.2. The van der Waals surface area contributed by atoms with Crippen molar-refractivity contribution in [1.29, 1.82) is 0 Å². The molecule has 0 radical (unpaired) electrons. The summed E-state index contributed by atoms with van der Waals surface area (Å²) in [7, 11) is 5.38. The van der Waals surface area contributed by atoms with Gasteiger partial charge >= 0.3 is 0 Å². The number of nitrogens with zero attached hydrogens (tertiary/aromatic N) is 2. The first-order chi connectivity index (χ1) is 12.9. The number of fused-ring (bicyclic) bond motifs is 1. The Hall–Kier alpha value is -1.80. The average Bonchev–Trinajstić information content (AvgIpc) is 2.76. The van der Waals surface area contributed by atoms with Crippen molar-refractivity contribution in [1.82, 2.24) is 4.90 Å². The van der Waals surface area contributed by atoms with E-state index in [0.717, 1.165) is 5.56 Å². The fourth-order valence-corrected chi connectivity index (χ4v) is 4.27. The van der Waals surface area contributed by atoms with Gasteiger partial charge < -0.3 is 19.6 Å². The number of hydrogen-bond donors (Lipinski definition) is 1. The highest BCUT2D eigenvalue weighted by Crippen LogP contribution is 2.46. The van der Waals surface area contributed by atoms with E-state index in [4.69, 9.17) is 4.74 Å². The Morgan fingerprint density at radius 1 is 1.21 bits per heavy atom. The third-order valence-electron chi connectivity index (χ3n) is 4.50. The van der Waals surface area contributed by atoms with Gasteiger partial charge in [0, 0.05) is 13.1 Å². The molecule has 2 aromatic rings. The summed E-state index contributed by atoms with van der Waals surface area (Å²) in [6.45, 7) is 0.974. The Bertz CT molecular complexity index is 820. The highest BCUT2D eigenvalue weighted by molar-refractivity contribution is 7.99. The van der Waals surface area contributed by atoms with E-state index in [1.807, 2.05) is 19.0 Å². The molecular formula is C20H24ClFN2O3S. The highest BCUT2D eigenvalue weighted by Gasteiger charge is 2.38. The molecule has 2 aromatic carbocycles. The normalized spacial score (nSPS) is 19.1. The number of ether oxygens (including phenoxy) is 1. The van der Waals surface area contributed by atoms with Gasteiger partial charge in [-0.1, -0.05) is 18.2 Å². The summed E-state index contributed by atoms with van der Waals surface area (Å²) in [5.74, 6) is -0.139. The minimum absolute atomic E-state index is 0. The third kappa shape index (κ3) is 4.60. The molecule has 1 amide bonds. The van der Waals surface area contributed by atoms with Gasteiger partial charge in [-0.25, -0.2) is 4.39 Å². The van der Waals surface area contributed by atoms with Crippen LogP contribution in [0.1, 0.15) is 10.8 Å². The summed E-state index contributed by atoms with van der Waals surface area (Å²) in [5.41, 5.74) is 1.24. The molecule has 2 atom stereocenters. The first kappa shape index (κ1) is 22.5. The molecule has 2 unspecified atom stereocenters. The number of halogens is 2. The SMILES string of the molecule is COc1ccc(C2Sc3c(F)cccc3N(CCN(C)C)C(=O)C2O)cc1.Cl. The zero-order valence-electron chi connectivity index (χ0n) is 16.0. The molecule has 0 saturated carbocycles. The number of rotatable bonds is 5. The molecule has 8 heteroatoms. The van der Waals surface area contributed by atoms with Crippen molar-refractivity contribution in [3.63, 3.8) is 0 Å². The second-order valence-corrected chi connectivity index (χ2v) is 7.79. The van der Waals surface area contributed by atoms with Crippen molar-refractivity contribution in [3.05, 3.63) is 53.8 Å². The zero-order valence-corrected chi connectivity index (χ0v) is 17.6. The molecule has 1 heterocycles. The fourth-order valence-electron chi connectivity index (χ4n) is 3.00. The Morgan fingerprint density at radius 3 is 2.50 bits per heavy atom. The smallest absolute Gasteiger partial charge is 0.257 e. The van der Waals surface area contributed by atoms with Gasteiger partial charge in [-0.3, -0.25) is 4.79 Å². The number of carbonyl (C=O) groups excluding carboxylic acids is 1. The second kappa shape index (κ2) is 9.60. The van der Waals surface area contributed by atoms with Crippen LogP contribution in [0.5, 0.6) is 5.75 Å². The summed E-state index contributed by atoms with van der Waals surface area (Å²) in [6.07, 6.45) is -1.28. The molecule has 0 spiro atoms. The molecule has 1 aliphatic heterocycles. The number of amides is 1. The van der Waals surface area contributed by atoms with Crippen molar-refractivity contribution in [2.24, 2.45) is 0 Å². The quantitative estimate of drug-likeness (QED) is 0.794. The molecule has 0 bridgehead atoms. The highest BCUT2D eigenvalue weighted by atomic mass is 35.5. The van der Waals surface area contributed by atoms with E-state index in [1.54, 1.807) is 43.5 Å². The van der Waals surface area contributed by atoms with Crippen LogP contribution in [-0.4, -0.2) is 56.3 Å². The number of hydrogen-bond acceptors (Lipinski definition) is 5. The Balaban J connectivity index is 0.00000280. The summed E-state index contributed by atoms with van der Waals surface area (Å²) >= 11 is 1.18. The van der Waals surface area contributed by atoms with Crippen LogP contribution in [0.3, 0.4) is 0 Å². The van der Waals surface area contributed by atoms with Crippen molar-refractivity contribution >= 4 is 35.8 Å². The van der Waals surface area contributed by atoms with E-state index in [9.17, 15) is 14.3 Å². The minimum atomic E-state index is -1.28. The van der Waals surface area contributed by atoms with Gasteiger partial charge in [-0.05, 0) is 43.9 Å². The van der Waals surface area contributed by atoms with Gasteiger partial charge in [0.05, 0.1) is 22.9 Å². The minimum Gasteiger partial charge on any atom is -0.497 e. The van der Waals surface area contributed by atoms with Crippen molar-refractivity contribution < 1.29 is 19.0 Å². The van der Waals surface area contributed by atoms with E-state index in [1.165, 1.54) is 22.7 Å². The lowest BCUT2D eigenvalue weighted by Gasteiger charge is -2.26. The van der Waals surface area contributed by atoms with Gasteiger partial charge in [0.15, 0.2) is 0 Å². The lowest BCUT2D eigenvalue weighted by atomic mass is 10.1. The van der Waals surface area contributed by atoms with Gasteiger partial charge in [-0.2, -0.15) is 0 Å². The van der Waals surface area contributed by atoms with E-state index in [-0.39, 0.29) is 12.4 Å². The van der Waals surface area contributed by atoms with Crippen LogP contribution in [0.25, 0.3) is 0 Å². The van der Waals surface area contributed by atoms with E-state index in [2.05, 4.69) is 0 Å². The maximum Gasteiger partial charge on any atom is 0.257 e. The Kier molecular flexibility index (Phi) is 7.71. The first-order valence-electron chi connectivity index (χ1n) is 8.65. The fraction of sp³-hybridized carbons (Fsp3) is 0.350. The number of carbonyl (C=O) groups is 1. The number of aliphatic hydroxyl groups is 1. The predicted molar refractivity (Wildman–Crippen MR) is 112 cm³/mol. The Morgan fingerprint density at radius 2 is 1.89 bits per heavy atom. The van der Waals surface area contributed by atoms with Gasteiger partial charge in [0.25, 0.3) is 5.91 Å². The zero-order chi connectivity index (χ0) is 19.6. The van der Waals surface area contributed by atoms with Crippen LogP contribution >= 0.6 is 24.2 Å². The van der Waals surface area contributed by atoms with Crippen LogP contribution < -0.4 is 9.64 Å². The van der Waals surface area contributed by atoms with Crippen molar-refractivity contribution in [2.75, 3.05) is 39.2 Å². The van der Waals surface area contributed by atoms with Crippen molar-refractivity contribution in [2.45, 2.75) is 16.2 Å². The van der Waals surface area contributed by atoms with Gasteiger partial charge in [-0.15, -0.1) is 24.2 Å². The van der Waals surface area contributed by atoms with Crippen LogP contribution in [0, 0.1) is 5.82 Å². The first-order valence-corrected chi connectivity index (χ1v) is 9.53. The van der Waals surface area contributed by atoms with Crippen LogP contribution in [0.4, 0.5) is 10.1 Å². The maximum atomic E-state index is 14.6. The summed E-state index contributed by atoms with van der Waals surface area (Å²) in [6, 6.07) is 11.8. The molecule has 0 aromatic heterocycles. The van der Waals surface area contributed by atoms with E-state index < -0.39 is 23.1 Å². The standard InChI is InChI=1S/C20H23FN2O3S.ClH/c1-22(2)11-12-23-16-6-4-5-15(21)19(16)27-18(17(24)20(23)25)13-7-9-14(26-3)10-8-13;/h4-10,17-18,24H,11-12H2,1-3H3;1H. The van der Waals surface area contributed by atoms with E-state index in [0.29, 0.717) is 29.4 Å². The average molecular weight is 427 g/mol. The molecule has 0 aliphatic carbocycles. The third-order valence-corrected chi connectivity index (χ3v) is 5.93. The van der Waals surface area contributed by atoms with Crippen molar-refractivity contribution in [3.8, 4) is 5.75 Å². The monoisotopic (exact) mass is 426 g/mol. The van der Waals surface area contributed by atoms with Crippen LogP contribution in [0.2, 0.25) is 0 Å². The number of likely N-dealkylation sites (N-methyl/N-ethyl adjacent to an activating group) is 1. The summed E-state index contributed by atoms with van der Waals surface area (Å²) < 4.78 is 19.8. The van der Waals surface area contributed by atoms with Crippen LogP contribution in [-0.2, 0) is 4.79 Å². The summed E-state index contributed by atoms with van der Waals surface area (Å²) in [4.78, 5) is 16.8. The molecular weight excluding hydrogens is 403 g/mol. The molecule has 3 rings (SSSR count). The van der Waals surface area contributed by atoms with E-state index >= 15 is 0 Å². The lowest BCUT2D eigenvalue weighted by molar-refractivity contribution is -0.126. The molecule has 0 fully saturated rings. The van der Waals surface area contributed by atoms with Crippen LogP contribution in [0.15, 0.2) is 47.4 Å². The lowest BCUT2D eigenvalue weighted by Crippen LogP contribution is -2.43. The number of anilines is 1.